The predicted octanol–water partition coefficient (Wildman–Crippen LogP) is 1.72. The van der Waals surface area contributed by atoms with Crippen molar-refractivity contribution in [3.63, 3.8) is 0 Å². The van der Waals surface area contributed by atoms with Crippen LogP contribution in [-0.4, -0.2) is 36.1 Å². The van der Waals surface area contributed by atoms with Crippen molar-refractivity contribution in [2.45, 2.75) is 0 Å². The van der Waals surface area contributed by atoms with Crippen LogP contribution in [0.15, 0.2) is 36.7 Å². The van der Waals surface area contributed by atoms with Crippen LogP contribution in [0.4, 0.5) is 0 Å². The van der Waals surface area contributed by atoms with Crippen LogP contribution < -0.4 is 0 Å². The highest BCUT2D eigenvalue weighted by molar-refractivity contribution is 5.88. The van der Waals surface area contributed by atoms with Gasteiger partial charge in [0.1, 0.15) is 11.4 Å². The summed E-state index contributed by atoms with van der Waals surface area (Å²) in [5.74, 6) is -0.980. The van der Waals surface area contributed by atoms with Gasteiger partial charge in [-0.15, -0.1) is 0 Å². The van der Waals surface area contributed by atoms with E-state index in [4.69, 9.17) is 0 Å². The molecule has 0 fully saturated rings. The minimum Gasteiger partial charge on any atom is -0.464 e. The number of ether oxygens (including phenoxy) is 2. The third kappa shape index (κ3) is 2.80. The van der Waals surface area contributed by atoms with Crippen LogP contribution in [-0.2, 0) is 9.47 Å². The van der Waals surface area contributed by atoms with E-state index in [0.29, 0.717) is 0 Å². The minimum atomic E-state index is -0.490. The molecule has 0 spiro atoms. The molecule has 0 saturated carbocycles. The number of rotatable bonds is 3. The summed E-state index contributed by atoms with van der Waals surface area (Å²) in [4.78, 5) is 30.5. The number of pyridine rings is 2. The number of nitrogens with zero attached hydrogens (tertiary/aromatic N) is 2. The molecule has 0 saturated heterocycles. The first-order valence-corrected chi connectivity index (χ1v) is 5.75. The molecule has 0 unspecified atom stereocenters. The van der Waals surface area contributed by atoms with Crippen molar-refractivity contribution in [1.82, 2.24) is 9.97 Å². The zero-order chi connectivity index (χ0) is 14.5. The summed E-state index contributed by atoms with van der Waals surface area (Å²) < 4.78 is 9.14. The van der Waals surface area contributed by atoms with Crippen LogP contribution in [0.1, 0.15) is 21.0 Å². The molecule has 0 N–H and O–H groups in total. The Morgan fingerprint density at radius 3 is 1.45 bits per heavy atom. The van der Waals surface area contributed by atoms with Gasteiger partial charge in [-0.2, -0.15) is 0 Å². The van der Waals surface area contributed by atoms with Crippen LogP contribution in [0.5, 0.6) is 0 Å². The number of hydrogen-bond donors (Lipinski definition) is 0. The maximum Gasteiger partial charge on any atom is 0.356 e. The Kier molecular flexibility index (Phi) is 4.05. The van der Waals surface area contributed by atoms with E-state index in [1.165, 1.54) is 14.2 Å². The fourth-order valence-corrected chi connectivity index (χ4v) is 1.58. The van der Waals surface area contributed by atoms with E-state index < -0.39 is 11.9 Å². The Labute approximate surface area is 115 Å². The summed E-state index contributed by atoms with van der Waals surface area (Å²) in [6.45, 7) is 0. The highest BCUT2D eigenvalue weighted by Gasteiger charge is 2.09. The number of carbonyl (C=O) groups excluding carboxylic acids is 2. The first-order valence-electron chi connectivity index (χ1n) is 5.75. The quantitative estimate of drug-likeness (QED) is 0.791. The zero-order valence-corrected chi connectivity index (χ0v) is 11.0. The van der Waals surface area contributed by atoms with Gasteiger partial charge in [-0.3, -0.25) is 0 Å². The number of aromatic nitrogens is 2. The van der Waals surface area contributed by atoms with E-state index in [1.54, 1.807) is 36.7 Å². The van der Waals surface area contributed by atoms with Gasteiger partial charge in [-0.05, 0) is 12.1 Å². The molecule has 0 aliphatic rings. The summed E-state index contributed by atoms with van der Waals surface area (Å²) in [6, 6.07) is 6.59. The average molecular weight is 272 g/mol. The summed E-state index contributed by atoms with van der Waals surface area (Å²) >= 11 is 0. The van der Waals surface area contributed by atoms with Gasteiger partial charge < -0.3 is 9.47 Å². The molecule has 20 heavy (non-hydrogen) atoms. The van der Waals surface area contributed by atoms with Gasteiger partial charge in [0, 0.05) is 23.5 Å². The van der Waals surface area contributed by atoms with Crippen LogP contribution in [0.3, 0.4) is 0 Å². The van der Waals surface area contributed by atoms with Crippen LogP contribution in [0.25, 0.3) is 11.1 Å². The van der Waals surface area contributed by atoms with Gasteiger partial charge in [0.2, 0.25) is 0 Å². The van der Waals surface area contributed by atoms with Crippen molar-refractivity contribution < 1.29 is 19.1 Å². The van der Waals surface area contributed by atoms with E-state index in [-0.39, 0.29) is 11.4 Å². The molecule has 2 heterocycles. The van der Waals surface area contributed by atoms with Crippen molar-refractivity contribution in [3.05, 3.63) is 48.0 Å². The van der Waals surface area contributed by atoms with Gasteiger partial charge in [-0.1, -0.05) is 12.1 Å². The smallest absolute Gasteiger partial charge is 0.356 e. The average Bonchev–Trinajstić information content (AvgIpc) is 2.53. The maximum atomic E-state index is 11.3. The second kappa shape index (κ2) is 5.92. The van der Waals surface area contributed by atoms with Crippen LogP contribution in [0.2, 0.25) is 0 Å². The topological polar surface area (TPSA) is 78.4 Å². The molecule has 2 rings (SSSR count). The Bertz CT molecular complexity index is 563. The maximum absolute atomic E-state index is 11.3. The number of esters is 2. The number of carbonyl (C=O) groups is 2. The molecule has 0 aliphatic carbocycles. The molecule has 0 bridgehead atoms. The van der Waals surface area contributed by atoms with E-state index in [9.17, 15) is 9.59 Å². The molecular formula is C14H12N2O4. The lowest BCUT2D eigenvalue weighted by Crippen LogP contribution is -2.04. The van der Waals surface area contributed by atoms with Gasteiger partial charge in [0.05, 0.1) is 14.2 Å². The Morgan fingerprint density at radius 2 is 1.20 bits per heavy atom. The van der Waals surface area contributed by atoms with Crippen molar-refractivity contribution >= 4 is 11.9 Å². The van der Waals surface area contributed by atoms with Crippen LogP contribution >= 0.6 is 0 Å². The second-order valence-electron chi connectivity index (χ2n) is 3.85. The standard InChI is InChI=1S/C14H12N2O4/c1-19-13(17)11-5-3-9(7-15-11)10-4-6-12(16-8-10)14(18)20-2/h3-8H,1-2H3. The normalized spacial score (nSPS) is 9.90. The summed E-state index contributed by atoms with van der Waals surface area (Å²) in [6.07, 6.45) is 3.09. The number of hydrogen-bond acceptors (Lipinski definition) is 6. The zero-order valence-electron chi connectivity index (χ0n) is 11.0. The molecular weight excluding hydrogens is 260 g/mol. The molecule has 0 aliphatic heterocycles. The van der Waals surface area contributed by atoms with E-state index in [1.807, 2.05) is 0 Å². The molecule has 6 heteroatoms. The van der Waals surface area contributed by atoms with Gasteiger partial charge >= 0.3 is 11.9 Å². The van der Waals surface area contributed by atoms with Gasteiger partial charge in [0.15, 0.2) is 0 Å². The largest absolute Gasteiger partial charge is 0.464 e. The highest BCUT2D eigenvalue weighted by Crippen LogP contribution is 2.18. The predicted molar refractivity (Wildman–Crippen MR) is 70.1 cm³/mol. The minimum absolute atomic E-state index is 0.232. The molecule has 0 radical (unpaired) electrons. The summed E-state index contributed by atoms with van der Waals surface area (Å²) in [5.41, 5.74) is 2.02. The summed E-state index contributed by atoms with van der Waals surface area (Å²) in [7, 11) is 2.60. The molecule has 2 aromatic heterocycles. The molecule has 0 atom stereocenters. The van der Waals surface area contributed by atoms with Crippen molar-refractivity contribution in [2.24, 2.45) is 0 Å². The van der Waals surface area contributed by atoms with Crippen molar-refractivity contribution in [1.29, 1.82) is 0 Å². The van der Waals surface area contributed by atoms with E-state index >= 15 is 0 Å². The van der Waals surface area contributed by atoms with Gasteiger partial charge in [0.25, 0.3) is 0 Å². The monoisotopic (exact) mass is 272 g/mol. The first kappa shape index (κ1) is 13.7. The SMILES string of the molecule is COC(=O)c1ccc(-c2ccc(C(=O)OC)nc2)cn1. The van der Waals surface area contributed by atoms with Crippen LogP contribution in [0, 0.1) is 0 Å². The van der Waals surface area contributed by atoms with Gasteiger partial charge in [-0.25, -0.2) is 19.6 Å². The number of methoxy groups -OCH3 is 2. The Morgan fingerprint density at radius 1 is 0.800 bits per heavy atom. The fourth-order valence-electron chi connectivity index (χ4n) is 1.58. The molecule has 0 amide bonds. The Hall–Kier alpha value is -2.76. The fraction of sp³-hybridized carbons (Fsp3) is 0.143. The Balaban J connectivity index is 2.23. The third-order valence-electron chi connectivity index (χ3n) is 2.65. The molecule has 102 valence electrons. The van der Waals surface area contributed by atoms with E-state index in [2.05, 4.69) is 19.4 Å². The second-order valence-corrected chi connectivity index (χ2v) is 3.85. The third-order valence-corrected chi connectivity index (χ3v) is 2.65. The molecule has 6 nitrogen and oxygen atoms in total. The van der Waals surface area contributed by atoms with Crippen molar-refractivity contribution in [3.8, 4) is 11.1 Å². The first-order chi connectivity index (χ1) is 9.65. The highest BCUT2D eigenvalue weighted by atomic mass is 16.5. The lowest BCUT2D eigenvalue weighted by atomic mass is 10.1. The van der Waals surface area contributed by atoms with Crippen molar-refractivity contribution in [2.75, 3.05) is 14.2 Å². The molecule has 2 aromatic rings. The van der Waals surface area contributed by atoms with E-state index in [0.717, 1.165) is 11.1 Å². The molecule has 0 aromatic carbocycles. The summed E-state index contributed by atoms with van der Waals surface area (Å²) in [5, 5.41) is 0. The lowest BCUT2D eigenvalue weighted by Gasteiger charge is -2.03. The lowest BCUT2D eigenvalue weighted by molar-refractivity contribution is 0.0585.